The Hall–Kier alpha value is -0.720. The van der Waals surface area contributed by atoms with E-state index in [1.807, 2.05) is 0 Å². The van der Waals surface area contributed by atoms with Gasteiger partial charge in [0.2, 0.25) is 0 Å². The topological polar surface area (TPSA) is 43.4 Å². The van der Waals surface area contributed by atoms with Crippen LogP contribution in [0, 0.1) is 0 Å². The van der Waals surface area contributed by atoms with Crippen LogP contribution in [0.1, 0.15) is 20.3 Å². The third kappa shape index (κ3) is 3.67. The highest BCUT2D eigenvalue weighted by Gasteiger charge is 2.47. The zero-order chi connectivity index (χ0) is 10.7. The zero-order valence-corrected chi connectivity index (χ0v) is 7.87. The predicted molar refractivity (Wildman–Crippen MR) is 40.1 cm³/mol. The van der Waals surface area contributed by atoms with Gasteiger partial charge in [-0.2, -0.15) is 21.6 Å². The van der Waals surface area contributed by atoms with Gasteiger partial charge in [0.1, 0.15) is 6.26 Å². The lowest BCUT2D eigenvalue weighted by Gasteiger charge is -2.06. The second-order valence-electron chi connectivity index (χ2n) is 2.31. The fraction of sp³-hybridized carbons (Fsp3) is 0.667. The van der Waals surface area contributed by atoms with E-state index in [0.29, 0.717) is 18.3 Å². The molecule has 0 saturated carbocycles. The van der Waals surface area contributed by atoms with Gasteiger partial charge < -0.3 is 4.18 Å². The Morgan fingerprint density at radius 3 is 2.23 bits per heavy atom. The summed E-state index contributed by atoms with van der Waals surface area (Å²) in [6.45, 7) is 3.13. The van der Waals surface area contributed by atoms with Crippen LogP contribution < -0.4 is 0 Å². The van der Waals surface area contributed by atoms with E-state index in [0.717, 1.165) is 0 Å². The summed E-state index contributed by atoms with van der Waals surface area (Å²) >= 11 is 0. The van der Waals surface area contributed by atoms with Gasteiger partial charge in [-0.05, 0) is 18.9 Å². The van der Waals surface area contributed by atoms with Gasteiger partial charge >= 0.3 is 15.6 Å². The van der Waals surface area contributed by atoms with Gasteiger partial charge in [-0.3, -0.25) is 0 Å². The number of hydrogen-bond donors (Lipinski definition) is 0. The molecule has 0 fully saturated rings. The first-order valence-corrected chi connectivity index (χ1v) is 4.76. The fourth-order valence-electron chi connectivity index (χ4n) is 0.283. The van der Waals surface area contributed by atoms with Gasteiger partial charge in [0.15, 0.2) is 0 Å². The van der Waals surface area contributed by atoms with Crippen LogP contribution in [-0.2, 0) is 14.3 Å². The lowest BCUT2D eigenvalue weighted by Crippen LogP contribution is -2.23. The van der Waals surface area contributed by atoms with Gasteiger partial charge in [-0.1, -0.05) is 6.92 Å². The average molecular weight is 218 g/mol. The molecule has 0 aromatic heterocycles. The largest absolute Gasteiger partial charge is 0.534 e. The van der Waals surface area contributed by atoms with E-state index in [4.69, 9.17) is 0 Å². The van der Waals surface area contributed by atoms with Crippen molar-refractivity contribution in [2.45, 2.75) is 25.8 Å². The molecule has 0 saturated heterocycles. The van der Waals surface area contributed by atoms with Crippen molar-refractivity contribution in [1.29, 1.82) is 0 Å². The molecule has 0 heterocycles. The smallest absolute Gasteiger partial charge is 0.384 e. The lowest BCUT2D eigenvalue weighted by molar-refractivity contribution is -0.0515. The van der Waals surface area contributed by atoms with Crippen molar-refractivity contribution in [2.75, 3.05) is 0 Å². The first-order valence-electron chi connectivity index (χ1n) is 3.36. The molecule has 0 aliphatic carbocycles. The summed E-state index contributed by atoms with van der Waals surface area (Å²) in [6, 6.07) is 0. The van der Waals surface area contributed by atoms with Crippen molar-refractivity contribution in [3.63, 3.8) is 0 Å². The van der Waals surface area contributed by atoms with Gasteiger partial charge in [0, 0.05) is 0 Å². The number of rotatable bonds is 3. The Labute approximate surface area is 74.3 Å². The molecule has 0 aromatic rings. The summed E-state index contributed by atoms with van der Waals surface area (Å²) in [4.78, 5) is 0. The maximum atomic E-state index is 11.6. The summed E-state index contributed by atoms with van der Waals surface area (Å²) in [7, 11) is -5.48. The van der Waals surface area contributed by atoms with Gasteiger partial charge in [0.25, 0.3) is 0 Å². The monoisotopic (exact) mass is 218 g/mol. The van der Waals surface area contributed by atoms with E-state index in [2.05, 4.69) is 4.18 Å². The number of allylic oxidation sites excluding steroid dienone is 1. The molecule has 0 spiro atoms. The molecule has 0 rings (SSSR count). The Morgan fingerprint density at radius 1 is 1.46 bits per heavy atom. The van der Waals surface area contributed by atoms with E-state index < -0.39 is 15.6 Å². The van der Waals surface area contributed by atoms with Crippen LogP contribution in [0.5, 0.6) is 0 Å². The van der Waals surface area contributed by atoms with Crippen LogP contribution in [-0.4, -0.2) is 13.9 Å². The van der Waals surface area contributed by atoms with E-state index in [9.17, 15) is 21.6 Å². The first-order chi connectivity index (χ1) is 5.70. The van der Waals surface area contributed by atoms with Crippen LogP contribution >= 0.6 is 0 Å². The predicted octanol–water partition coefficient (Wildman–Crippen LogP) is 2.17. The van der Waals surface area contributed by atoms with Crippen molar-refractivity contribution in [3.05, 3.63) is 11.8 Å². The summed E-state index contributed by atoms with van der Waals surface area (Å²) in [5.41, 5.74) is -4.95. The molecule has 7 heteroatoms. The highest BCUT2D eigenvalue weighted by Crippen LogP contribution is 2.25. The molecular weight excluding hydrogens is 209 g/mol. The molecule has 0 aliphatic heterocycles. The Morgan fingerprint density at radius 2 is 1.92 bits per heavy atom. The Balaban J connectivity index is 4.57. The van der Waals surface area contributed by atoms with Gasteiger partial charge in [0.05, 0.1) is 0 Å². The molecule has 0 amide bonds. The van der Waals surface area contributed by atoms with Crippen molar-refractivity contribution < 1.29 is 25.8 Å². The fourth-order valence-corrected chi connectivity index (χ4v) is 0.683. The molecule has 0 atom stereocenters. The summed E-state index contributed by atoms with van der Waals surface area (Å²) in [5.74, 6) is 0. The SMILES string of the molecule is CC/C(C)=C\OS(=O)(=O)C(F)(F)F. The quantitative estimate of drug-likeness (QED) is 0.414. The molecule has 0 N–H and O–H groups in total. The molecule has 78 valence electrons. The van der Waals surface area contributed by atoms with Crippen LogP contribution in [0.4, 0.5) is 13.2 Å². The van der Waals surface area contributed by atoms with Crippen molar-refractivity contribution in [2.24, 2.45) is 0 Å². The molecule has 0 aliphatic rings. The number of halogens is 3. The maximum Gasteiger partial charge on any atom is 0.534 e. The second kappa shape index (κ2) is 3.99. The van der Waals surface area contributed by atoms with E-state index in [1.54, 1.807) is 6.92 Å². The van der Waals surface area contributed by atoms with Crippen LogP contribution in [0.2, 0.25) is 0 Å². The van der Waals surface area contributed by atoms with Crippen LogP contribution in [0.25, 0.3) is 0 Å². The van der Waals surface area contributed by atoms with Crippen molar-refractivity contribution in [1.82, 2.24) is 0 Å². The van der Waals surface area contributed by atoms with Crippen molar-refractivity contribution in [3.8, 4) is 0 Å². The number of hydrogen-bond acceptors (Lipinski definition) is 3. The minimum atomic E-state index is -5.48. The Kier molecular flexibility index (Phi) is 3.77. The third-order valence-corrected chi connectivity index (χ3v) is 2.13. The van der Waals surface area contributed by atoms with E-state index in [-0.39, 0.29) is 0 Å². The highest BCUT2D eigenvalue weighted by molar-refractivity contribution is 7.87. The van der Waals surface area contributed by atoms with E-state index >= 15 is 0 Å². The lowest BCUT2D eigenvalue weighted by atomic mass is 10.3. The van der Waals surface area contributed by atoms with Gasteiger partial charge in [-0.25, -0.2) is 0 Å². The maximum absolute atomic E-state index is 11.6. The van der Waals surface area contributed by atoms with Crippen LogP contribution in [0.3, 0.4) is 0 Å². The minimum Gasteiger partial charge on any atom is -0.384 e. The van der Waals surface area contributed by atoms with Crippen LogP contribution in [0.15, 0.2) is 11.8 Å². The summed E-state index contributed by atoms with van der Waals surface area (Å²) in [6.07, 6.45) is 1.01. The number of alkyl halides is 3. The van der Waals surface area contributed by atoms with E-state index in [1.165, 1.54) is 6.92 Å². The van der Waals surface area contributed by atoms with Gasteiger partial charge in [-0.15, -0.1) is 0 Å². The standard InChI is InChI=1S/C6H9F3O3S/c1-3-5(2)4-12-13(10,11)6(7,8)9/h4H,3H2,1-2H3/b5-4-. The summed E-state index contributed by atoms with van der Waals surface area (Å²) < 4.78 is 59.1. The average Bonchev–Trinajstić information content (AvgIpc) is 1.98. The molecule has 0 aromatic carbocycles. The third-order valence-electron chi connectivity index (χ3n) is 1.22. The normalized spacial score (nSPS) is 14.4. The molecular formula is C6H9F3O3S. The summed E-state index contributed by atoms with van der Waals surface area (Å²) in [5, 5.41) is 0. The first kappa shape index (κ1) is 12.3. The second-order valence-corrected chi connectivity index (χ2v) is 3.88. The molecule has 0 radical (unpaired) electrons. The van der Waals surface area contributed by atoms with Crippen molar-refractivity contribution >= 4 is 10.1 Å². The molecule has 0 bridgehead atoms. The molecule has 3 nitrogen and oxygen atoms in total. The zero-order valence-electron chi connectivity index (χ0n) is 7.05. The highest BCUT2D eigenvalue weighted by atomic mass is 32.2. The molecule has 13 heavy (non-hydrogen) atoms. The molecule has 0 unspecified atom stereocenters. The minimum absolute atomic E-state index is 0.410. The Bertz CT molecular complexity index is 289.